The Bertz CT molecular complexity index is 515. The number of carbonyl (C=O) groups is 1. The van der Waals surface area contributed by atoms with Gasteiger partial charge in [-0.15, -0.1) is 0 Å². The molecule has 0 heterocycles. The Hall–Kier alpha value is -1.49. The van der Waals surface area contributed by atoms with Gasteiger partial charge in [0.05, 0.1) is 12.7 Å². The molecule has 1 aromatic rings. The van der Waals surface area contributed by atoms with Crippen LogP contribution >= 0.6 is 0 Å². The Morgan fingerprint density at radius 2 is 1.80 bits per heavy atom. The Morgan fingerprint density at radius 3 is 2.20 bits per heavy atom. The van der Waals surface area contributed by atoms with Crippen LogP contribution in [0.25, 0.3) is 0 Å². The van der Waals surface area contributed by atoms with E-state index < -0.39 is 14.3 Å². The molecular formula is C15H24O4Si. The monoisotopic (exact) mass is 296 g/mol. The second-order valence-corrected chi connectivity index (χ2v) is 11.2. The molecule has 0 fully saturated rings. The fourth-order valence-corrected chi connectivity index (χ4v) is 2.66. The number of methoxy groups -OCH3 is 1. The van der Waals surface area contributed by atoms with Gasteiger partial charge in [-0.25, -0.2) is 4.79 Å². The highest BCUT2D eigenvalue weighted by molar-refractivity contribution is 6.74. The highest BCUT2D eigenvalue weighted by Gasteiger charge is 2.40. The first kappa shape index (κ1) is 16.6. The van der Waals surface area contributed by atoms with Crippen LogP contribution < -0.4 is 9.16 Å². The van der Waals surface area contributed by atoms with Gasteiger partial charge in [-0.2, -0.15) is 0 Å². The van der Waals surface area contributed by atoms with Gasteiger partial charge >= 0.3 is 5.97 Å². The van der Waals surface area contributed by atoms with E-state index in [1.807, 2.05) is 0 Å². The molecule has 1 N–H and O–H groups in total. The maximum absolute atomic E-state index is 11.3. The summed E-state index contributed by atoms with van der Waals surface area (Å²) in [4.78, 5) is 11.3. The topological polar surface area (TPSA) is 55.8 Å². The number of hydrogen-bond acceptors (Lipinski definition) is 3. The number of aromatic carboxylic acids is 1. The van der Waals surface area contributed by atoms with E-state index in [2.05, 4.69) is 33.9 Å². The van der Waals surface area contributed by atoms with Gasteiger partial charge in [0.1, 0.15) is 5.75 Å². The molecule has 0 spiro atoms. The lowest BCUT2D eigenvalue weighted by atomic mass is 10.1. The minimum Gasteiger partial charge on any atom is -0.541 e. The molecule has 0 saturated heterocycles. The number of benzene rings is 1. The van der Waals surface area contributed by atoms with Crippen LogP contribution in [0.15, 0.2) is 12.1 Å². The number of ether oxygens (including phenoxy) is 1. The van der Waals surface area contributed by atoms with Crippen LogP contribution in [0.5, 0.6) is 11.5 Å². The normalized spacial score (nSPS) is 12.2. The van der Waals surface area contributed by atoms with Crippen LogP contribution in [0.4, 0.5) is 0 Å². The number of rotatable bonds is 4. The maximum Gasteiger partial charge on any atom is 0.336 e. The van der Waals surface area contributed by atoms with Gasteiger partial charge in [-0.1, -0.05) is 20.8 Å². The molecule has 1 rings (SSSR count). The van der Waals surface area contributed by atoms with Crippen molar-refractivity contribution in [1.82, 2.24) is 0 Å². The SMILES string of the molecule is COc1ccc(C(=O)O)c(C)c1O[Si](C)(C)C(C)(C)C. The zero-order valence-corrected chi connectivity index (χ0v) is 14.3. The smallest absolute Gasteiger partial charge is 0.336 e. The van der Waals surface area contributed by atoms with Gasteiger partial charge in [-0.05, 0) is 37.2 Å². The molecule has 0 radical (unpaired) electrons. The maximum atomic E-state index is 11.3. The first-order chi connectivity index (χ1) is 9.01. The third kappa shape index (κ3) is 3.15. The summed E-state index contributed by atoms with van der Waals surface area (Å²) < 4.78 is 11.6. The van der Waals surface area contributed by atoms with Crippen LogP contribution in [-0.2, 0) is 0 Å². The molecule has 20 heavy (non-hydrogen) atoms. The van der Waals surface area contributed by atoms with Gasteiger partial charge in [0, 0.05) is 5.56 Å². The van der Waals surface area contributed by atoms with Crippen molar-refractivity contribution in [3.05, 3.63) is 23.3 Å². The average molecular weight is 296 g/mol. The first-order valence-corrected chi connectivity index (χ1v) is 9.52. The minimum absolute atomic E-state index is 0.0314. The van der Waals surface area contributed by atoms with Crippen molar-refractivity contribution in [1.29, 1.82) is 0 Å². The number of carboxylic acids is 1. The van der Waals surface area contributed by atoms with Crippen molar-refractivity contribution in [3.8, 4) is 11.5 Å². The average Bonchev–Trinajstić information content (AvgIpc) is 2.29. The highest BCUT2D eigenvalue weighted by Crippen LogP contribution is 2.42. The van der Waals surface area contributed by atoms with Gasteiger partial charge in [0.2, 0.25) is 0 Å². The molecule has 0 atom stereocenters. The van der Waals surface area contributed by atoms with Crippen molar-refractivity contribution in [2.75, 3.05) is 7.11 Å². The molecule has 4 nitrogen and oxygen atoms in total. The van der Waals surface area contributed by atoms with Crippen LogP contribution in [0.3, 0.4) is 0 Å². The van der Waals surface area contributed by atoms with E-state index in [-0.39, 0.29) is 10.6 Å². The Labute approximate surface area is 121 Å². The lowest BCUT2D eigenvalue weighted by molar-refractivity contribution is 0.0695. The van der Waals surface area contributed by atoms with Crippen LogP contribution in [0.2, 0.25) is 18.1 Å². The fraction of sp³-hybridized carbons (Fsp3) is 0.533. The van der Waals surface area contributed by atoms with E-state index in [4.69, 9.17) is 9.16 Å². The lowest BCUT2D eigenvalue weighted by Gasteiger charge is -2.37. The largest absolute Gasteiger partial charge is 0.541 e. The van der Waals surface area contributed by atoms with Crippen LogP contribution in [-0.4, -0.2) is 26.5 Å². The van der Waals surface area contributed by atoms with Gasteiger partial charge in [-0.3, -0.25) is 0 Å². The van der Waals surface area contributed by atoms with Crippen LogP contribution in [0.1, 0.15) is 36.7 Å². The molecular weight excluding hydrogens is 272 g/mol. The second-order valence-electron chi connectivity index (χ2n) is 6.44. The zero-order chi connectivity index (χ0) is 15.7. The fourth-order valence-electron chi connectivity index (χ4n) is 1.59. The Balaban J connectivity index is 3.36. The first-order valence-electron chi connectivity index (χ1n) is 6.61. The Morgan fingerprint density at radius 1 is 1.25 bits per heavy atom. The Kier molecular flexibility index (Phi) is 4.54. The van der Waals surface area contributed by atoms with Crippen molar-refractivity contribution < 1.29 is 19.1 Å². The molecule has 0 aliphatic carbocycles. The van der Waals surface area contributed by atoms with E-state index in [9.17, 15) is 9.90 Å². The minimum atomic E-state index is -2.06. The molecule has 0 aromatic heterocycles. The molecule has 0 aliphatic rings. The molecule has 1 aromatic carbocycles. The van der Waals surface area contributed by atoms with Crippen LogP contribution in [0, 0.1) is 6.92 Å². The van der Waals surface area contributed by atoms with Gasteiger partial charge in [0.25, 0.3) is 8.32 Å². The summed E-state index contributed by atoms with van der Waals surface area (Å²) in [7, 11) is -0.492. The summed E-state index contributed by atoms with van der Waals surface area (Å²) in [6.07, 6.45) is 0. The standard InChI is InChI=1S/C15H24O4Si/c1-10-11(14(16)17)8-9-12(18-5)13(10)19-20(6,7)15(2,3)4/h8-9H,1-7H3,(H,16,17). The van der Waals surface area contributed by atoms with E-state index in [0.717, 1.165) is 0 Å². The molecule has 112 valence electrons. The third-order valence-corrected chi connectivity index (χ3v) is 8.31. The van der Waals surface area contributed by atoms with Gasteiger partial charge < -0.3 is 14.3 Å². The highest BCUT2D eigenvalue weighted by atomic mass is 28.4. The van der Waals surface area contributed by atoms with Gasteiger partial charge in [0.15, 0.2) is 5.75 Å². The van der Waals surface area contributed by atoms with Crippen molar-refractivity contribution in [2.45, 2.75) is 45.8 Å². The number of hydrogen-bond donors (Lipinski definition) is 1. The summed E-state index contributed by atoms with van der Waals surface area (Å²) in [5, 5.41) is 9.26. The molecule has 0 saturated carbocycles. The summed E-state index contributed by atoms with van der Waals surface area (Å²) in [5.41, 5.74) is 0.862. The van der Waals surface area contributed by atoms with E-state index in [1.54, 1.807) is 26.2 Å². The zero-order valence-electron chi connectivity index (χ0n) is 13.3. The third-order valence-electron chi connectivity index (χ3n) is 3.98. The van der Waals surface area contributed by atoms with Crippen molar-refractivity contribution >= 4 is 14.3 Å². The second kappa shape index (κ2) is 5.48. The van der Waals surface area contributed by atoms with E-state index in [1.165, 1.54) is 0 Å². The molecule has 0 amide bonds. The molecule has 5 heteroatoms. The molecule has 0 bridgehead atoms. The summed E-state index contributed by atoms with van der Waals surface area (Å²) in [5.74, 6) is 0.182. The van der Waals surface area contributed by atoms with Crippen molar-refractivity contribution in [3.63, 3.8) is 0 Å². The quantitative estimate of drug-likeness (QED) is 0.850. The van der Waals surface area contributed by atoms with E-state index in [0.29, 0.717) is 17.1 Å². The number of carboxylic acid groups (broad SMARTS) is 1. The summed E-state index contributed by atoms with van der Waals surface area (Å²) >= 11 is 0. The van der Waals surface area contributed by atoms with E-state index >= 15 is 0 Å². The summed E-state index contributed by atoms with van der Waals surface area (Å²) in [6, 6.07) is 3.20. The van der Waals surface area contributed by atoms with Crippen molar-refractivity contribution in [2.24, 2.45) is 0 Å². The predicted molar refractivity (Wildman–Crippen MR) is 82.5 cm³/mol. The molecule has 0 aliphatic heterocycles. The molecule has 0 unspecified atom stereocenters. The summed E-state index contributed by atoms with van der Waals surface area (Å²) in [6.45, 7) is 12.4. The predicted octanol–water partition coefficient (Wildman–Crippen LogP) is 4.09. The lowest BCUT2D eigenvalue weighted by Crippen LogP contribution is -2.44.